The van der Waals surface area contributed by atoms with Crippen molar-refractivity contribution in [2.24, 2.45) is 5.11 Å². The highest BCUT2D eigenvalue weighted by Crippen LogP contribution is 2.26. The van der Waals surface area contributed by atoms with Crippen molar-refractivity contribution in [3.8, 4) is 5.75 Å². The van der Waals surface area contributed by atoms with Crippen LogP contribution in [-0.4, -0.2) is 11.7 Å². The highest BCUT2D eigenvalue weighted by atomic mass is 35.5. The summed E-state index contributed by atoms with van der Waals surface area (Å²) in [6, 6.07) is 4.87. The molecule has 0 atom stereocenters. The second-order valence-corrected chi connectivity index (χ2v) is 2.90. The van der Waals surface area contributed by atoms with Crippen LogP contribution in [0.3, 0.4) is 0 Å². The molecule has 0 spiro atoms. The van der Waals surface area contributed by atoms with Crippen LogP contribution in [0.1, 0.15) is 5.56 Å². The summed E-state index contributed by atoms with van der Waals surface area (Å²) in [5.41, 5.74) is 8.55. The van der Waals surface area contributed by atoms with E-state index >= 15 is 0 Å². The quantitative estimate of drug-likeness (QED) is 0.463. The van der Waals surface area contributed by atoms with Crippen molar-refractivity contribution in [1.82, 2.24) is 0 Å². The number of phenols is 1. The van der Waals surface area contributed by atoms with Crippen LogP contribution >= 0.6 is 11.6 Å². The van der Waals surface area contributed by atoms with E-state index in [0.717, 1.165) is 0 Å². The van der Waals surface area contributed by atoms with E-state index in [1.54, 1.807) is 30.4 Å². The first-order valence-corrected chi connectivity index (χ1v) is 4.28. The van der Waals surface area contributed by atoms with Gasteiger partial charge in [-0.05, 0) is 17.7 Å². The molecule has 4 nitrogen and oxygen atoms in total. The number of benzene rings is 1. The van der Waals surface area contributed by atoms with Gasteiger partial charge in [0.1, 0.15) is 5.75 Å². The predicted octanol–water partition coefficient (Wildman–Crippen LogP) is 3.37. The Morgan fingerprint density at radius 1 is 1.57 bits per heavy atom. The average molecular weight is 210 g/mol. The van der Waals surface area contributed by atoms with E-state index in [1.807, 2.05) is 0 Å². The van der Waals surface area contributed by atoms with E-state index in [-0.39, 0.29) is 12.3 Å². The fraction of sp³-hybridized carbons (Fsp3) is 0.111. The van der Waals surface area contributed by atoms with Gasteiger partial charge in [0.25, 0.3) is 0 Å². The molecule has 1 aromatic rings. The molecule has 0 bridgehead atoms. The molecule has 0 heterocycles. The van der Waals surface area contributed by atoms with Gasteiger partial charge in [0.05, 0.1) is 5.02 Å². The first-order chi connectivity index (χ1) is 6.75. The molecule has 0 aliphatic carbocycles. The third kappa shape index (κ3) is 2.69. The molecular formula is C9H8ClN3O. The lowest BCUT2D eigenvalue weighted by Crippen LogP contribution is -1.77. The van der Waals surface area contributed by atoms with Crippen LogP contribution in [-0.2, 0) is 0 Å². The SMILES string of the molecule is [N-]=[N+]=NCC=Cc1c(O)cccc1Cl. The van der Waals surface area contributed by atoms with Gasteiger partial charge in [-0.1, -0.05) is 34.9 Å². The van der Waals surface area contributed by atoms with Crippen LogP contribution in [0, 0.1) is 0 Å². The average Bonchev–Trinajstić information content (AvgIpc) is 2.16. The Hall–Kier alpha value is -1.64. The van der Waals surface area contributed by atoms with Crippen molar-refractivity contribution in [2.45, 2.75) is 0 Å². The van der Waals surface area contributed by atoms with E-state index in [1.165, 1.54) is 0 Å². The monoisotopic (exact) mass is 209 g/mol. The third-order valence-electron chi connectivity index (χ3n) is 1.56. The van der Waals surface area contributed by atoms with Crippen molar-refractivity contribution in [1.29, 1.82) is 0 Å². The number of halogens is 1. The minimum atomic E-state index is 0.106. The number of nitrogens with zero attached hydrogens (tertiary/aromatic N) is 3. The second-order valence-electron chi connectivity index (χ2n) is 2.49. The molecule has 1 aromatic carbocycles. The number of hydrogen-bond donors (Lipinski definition) is 1. The Balaban J connectivity index is 2.85. The number of rotatable bonds is 3. The molecule has 0 aliphatic rings. The van der Waals surface area contributed by atoms with Crippen molar-refractivity contribution in [3.05, 3.63) is 45.3 Å². The van der Waals surface area contributed by atoms with Gasteiger partial charge in [-0.15, -0.1) is 0 Å². The maximum atomic E-state index is 9.41. The van der Waals surface area contributed by atoms with E-state index in [9.17, 15) is 5.11 Å². The topological polar surface area (TPSA) is 69.0 Å². The summed E-state index contributed by atoms with van der Waals surface area (Å²) >= 11 is 5.83. The van der Waals surface area contributed by atoms with Crippen LogP contribution < -0.4 is 0 Å². The molecular weight excluding hydrogens is 202 g/mol. The molecule has 14 heavy (non-hydrogen) atoms. The van der Waals surface area contributed by atoms with Crippen LogP contribution in [0.5, 0.6) is 5.75 Å². The maximum absolute atomic E-state index is 9.41. The minimum Gasteiger partial charge on any atom is -0.507 e. The van der Waals surface area contributed by atoms with Crippen molar-refractivity contribution in [3.63, 3.8) is 0 Å². The molecule has 0 saturated carbocycles. The van der Waals surface area contributed by atoms with Crippen molar-refractivity contribution >= 4 is 17.7 Å². The number of azide groups is 1. The lowest BCUT2D eigenvalue weighted by molar-refractivity contribution is 0.474. The standard InChI is InChI=1S/C9H8ClN3O/c10-8-4-1-5-9(14)7(8)3-2-6-12-13-11/h1-5,14H,6H2. The number of phenolic OH excluding ortho intramolecular Hbond substituents is 1. The molecule has 0 saturated heterocycles. The number of hydrogen-bond acceptors (Lipinski definition) is 2. The summed E-state index contributed by atoms with van der Waals surface area (Å²) in [6.45, 7) is 0.237. The van der Waals surface area contributed by atoms with Gasteiger partial charge in [0.2, 0.25) is 0 Å². The summed E-state index contributed by atoms with van der Waals surface area (Å²) in [4.78, 5) is 2.59. The van der Waals surface area contributed by atoms with E-state index in [2.05, 4.69) is 10.0 Å². The minimum absolute atomic E-state index is 0.106. The molecule has 5 heteroatoms. The first-order valence-electron chi connectivity index (χ1n) is 3.90. The highest BCUT2D eigenvalue weighted by Gasteiger charge is 2.00. The largest absolute Gasteiger partial charge is 0.507 e. The number of aromatic hydroxyl groups is 1. The Morgan fingerprint density at radius 3 is 3.00 bits per heavy atom. The van der Waals surface area contributed by atoms with Gasteiger partial charge >= 0.3 is 0 Å². The Labute approximate surface area is 86.1 Å². The first kappa shape index (κ1) is 10.4. The Morgan fingerprint density at radius 2 is 2.36 bits per heavy atom. The maximum Gasteiger partial charge on any atom is 0.124 e. The highest BCUT2D eigenvalue weighted by molar-refractivity contribution is 6.32. The molecule has 0 amide bonds. The molecule has 0 unspecified atom stereocenters. The Kier molecular flexibility index (Phi) is 3.85. The zero-order valence-electron chi connectivity index (χ0n) is 7.26. The van der Waals surface area contributed by atoms with Gasteiger partial charge < -0.3 is 5.11 Å². The molecule has 72 valence electrons. The lowest BCUT2D eigenvalue weighted by Gasteiger charge is -2.00. The smallest absolute Gasteiger partial charge is 0.124 e. The Bertz CT molecular complexity index is 377. The molecule has 1 rings (SSSR count). The van der Waals surface area contributed by atoms with Crippen LogP contribution in [0.15, 0.2) is 29.4 Å². The summed E-state index contributed by atoms with van der Waals surface area (Å²) in [5, 5.41) is 13.2. The van der Waals surface area contributed by atoms with Crippen molar-refractivity contribution in [2.75, 3.05) is 6.54 Å². The fourth-order valence-electron chi connectivity index (χ4n) is 0.945. The summed E-state index contributed by atoms with van der Waals surface area (Å²) < 4.78 is 0. The van der Waals surface area contributed by atoms with Gasteiger partial charge in [0, 0.05) is 17.0 Å². The van der Waals surface area contributed by atoms with E-state index in [4.69, 9.17) is 17.1 Å². The second kappa shape index (κ2) is 5.17. The van der Waals surface area contributed by atoms with Crippen LogP contribution in [0.25, 0.3) is 16.5 Å². The van der Waals surface area contributed by atoms with Gasteiger partial charge in [-0.25, -0.2) is 0 Å². The summed E-state index contributed by atoms with van der Waals surface area (Å²) in [6.07, 6.45) is 3.24. The van der Waals surface area contributed by atoms with Gasteiger partial charge in [-0.2, -0.15) is 0 Å². The molecule has 0 aromatic heterocycles. The zero-order chi connectivity index (χ0) is 10.4. The predicted molar refractivity (Wildman–Crippen MR) is 56.2 cm³/mol. The zero-order valence-corrected chi connectivity index (χ0v) is 8.02. The van der Waals surface area contributed by atoms with Gasteiger partial charge in [-0.3, -0.25) is 0 Å². The van der Waals surface area contributed by atoms with Crippen LogP contribution in [0.2, 0.25) is 5.02 Å². The van der Waals surface area contributed by atoms with Crippen molar-refractivity contribution < 1.29 is 5.11 Å². The van der Waals surface area contributed by atoms with E-state index < -0.39 is 0 Å². The summed E-state index contributed by atoms with van der Waals surface area (Å²) in [5.74, 6) is 0.106. The molecule has 0 radical (unpaired) electrons. The third-order valence-corrected chi connectivity index (χ3v) is 1.89. The van der Waals surface area contributed by atoms with E-state index in [0.29, 0.717) is 10.6 Å². The molecule has 0 aliphatic heterocycles. The fourth-order valence-corrected chi connectivity index (χ4v) is 1.18. The summed E-state index contributed by atoms with van der Waals surface area (Å²) in [7, 11) is 0. The molecule has 1 N–H and O–H groups in total. The van der Waals surface area contributed by atoms with Crippen LogP contribution in [0.4, 0.5) is 0 Å². The van der Waals surface area contributed by atoms with Gasteiger partial charge in [0.15, 0.2) is 0 Å². The lowest BCUT2D eigenvalue weighted by atomic mass is 10.2. The molecule has 0 fully saturated rings. The normalized spacial score (nSPS) is 10.1.